The Labute approximate surface area is 141 Å². The fourth-order valence-electron chi connectivity index (χ4n) is 3.19. The first kappa shape index (κ1) is 18.0. The molecule has 5 heteroatoms. The molecular weight excluding hydrogens is 322 g/mol. The van der Waals surface area contributed by atoms with Crippen LogP contribution in [-0.2, 0) is 10.0 Å². The summed E-state index contributed by atoms with van der Waals surface area (Å²) in [6.07, 6.45) is 2.90. The van der Waals surface area contributed by atoms with Crippen molar-refractivity contribution in [1.29, 1.82) is 0 Å². The van der Waals surface area contributed by atoms with Crippen molar-refractivity contribution in [1.82, 2.24) is 4.31 Å². The monoisotopic (exact) mass is 349 g/mol. The number of hydrogen-bond acceptors (Lipinski definition) is 2. The molecule has 0 amide bonds. The molecule has 2 rings (SSSR count). The van der Waals surface area contributed by atoms with Gasteiger partial charge in [0.05, 0.1) is 19.5 Å². The van der Waals surface area contributed by atoms with Crippen molar-refractivity contribution < 1.29 is 8.42 Å². The normalized spacial score (nSPS) is 17.1. The van der Waals surface area contributed by atoms with Crippen LogP contribution >= 0.6 is 0 Å². The molecule has 0 saturated carbocycles. The van der Waals surface area contributed by atoms with Gasteiger partial charge >= 0.3 is 0 Å². The van der Waals surface area contributed by atoms with Gasteiger partial charge in [-0.25, -0.2) is 8.42 Å². The minimum Gasteiger partial charge on any atom is -0.271 e. The van der Waals surface area contributed by atoms with Crippen LogP contribution in [0.3, 0.4) is 0 Å². The van der Waals surface area contributed by atoms with Gasteiger partial charge in [-0.3, -0.25) is 4.31 Å². The molecule has 0 unspecified atom stereocenters. The fraction of sp³-hybridized carbons (Fsp3) is 0.444. The highest BCUT2D eigenvalue weighted by Crippen LogP contribution is 2.33. The maximum atomic E-state index is 13.2. The number of rotatable bonds is 3. The highest BCUT2D eigenvalue weighted by molar-refractivity contribution is 7.89. The van der Waals surface area contributed by atoms with Crippen LogP contribution < -0.4 is 0 Å². The van der Waals surface area contributed by atoms with Crippen LogP contribution in [0.4, 0.5) is 0 Å². The Hall–Kier alpha value is -1.33. The molecule has 126 valence electrons. The van der Waals surface area contributed by atoms with E-state index in [1.807, 2.05) is 25.1 Å². The van der Waals surface area contributed by atoms with Crippen molar-refractivity contribution >= 4 is 18.1 Å². The lowest BCUT2D eigenvalue weighted by Gasteiger charge is -2.34. The van der Waals surface area contributed by atoms with Crippen LogP contribution in [0.1, 0.15) is 25.8 Å². The minimum atomic E-state index is -3.53. The lowest BCUT2D eigenvalue weighted by Crippen LogP contribution is -2.41. The molecule has 1 aromatic carbocycles. The second kappa shape index (κ2) is 6.28. The third-order valence-electron chi connectivity index (χ3n) is 4.12. The van der Waals surface area contributed by atoms with Gasteiger partial charge in [-0.1, -0.05) is 54.6 Å². The number of hydrogen-bond donors (Lipinski definition) is 0. The molecule has 0 saturated heterocycles. The van der Waals surface area contributed by atoms with Crippen LogP contribution in [-0.4, -0.2) is 27.3 Å². The average molecular weight is 350 g/mol. The maximum Gasteiger partial charge on any atom is 0.263 e. The summed E-state index contributed by atoms with van der Waals surface area (Å²) in [5.74, 6) is 0. The van der Waals surface area contributed by atoms with Gasteiger partial charge in [0.15, 0.2) is 0 Å². The predicted octanol–water partition coefficient (Wildman–Crippen LogP) is 4.49. The summed E-state index contributed by atoms with van der Waals surface area (Å²) < 4.78 is 28.1. The summed E-state index contributed by atoms with van der Waals surface area (Å²) in [6, 6.07) is 7.14. The lowest BCUT2D eigenvalue weighted by atomic mass is 10.1. The van der Waals surface area contributed by atoms with Crippen molar-refractivity contribution in [3.63, 3.8) is 0 Å². The van der Waals surface area contributed by atoms with Crippen LogP contribution in [0, 0.1) is 6.92 Å². The molecule has 0 aromatic heterocycles. The molecule has 1 aliphatic heterocycles. The number of benzene rings is 1. The fourth-order valence-corrected chi connectivity index (χ4v) is 7.98. The Kier molecular flexibility index (Phi) is 4.92. The van der Waals surface area contributed by atoms with Crippen LogP contribution in [0.15, 0.2) is 51.7 Å². The molecule has 0 bridgehead atoms. The zero-order valence-electron chi connectivity index (χ0n) is 15.0. The molecule has 1 heterocycles. The van der Waals surface area contributed by atoms with E-state index in [1.54, 1.807) is 16.4 Å². The summed E-state index contributed by atoms with van der Waals surface area (Å²) in [7, 11) is -5.33. The van der Waals surface area contributed by atoms with E-state index in [4.69, 9.17) is 0 Å². The molecule has 0 aliphatic carbocycles. The largest absolute Gasteiger partial charge is 0.271 e. The van der Waals surface area contributed by atoms with E-state index in [9.17, 15) is 8.42 Å². The molecule has 0 atom stereocenters. The smallest absolute Gasteiger partial charge is 0.263 e. The average Bonchev–Trinajstić information content (AvgIpc) is 2.57. The summed E-state index contributed by atoms with van der Waals surface area (Å²) in [5.41, 5.74) is 3.48. The first-order valence-corrected chi connectivity index (χ1v) is 12.9. The zero-order chi connectivity index (χ0) is 17.4. The SMILES string of the molecule is CC1=CCN(S(=O)(=O)c2ccc(C)cc2)C([Si](C)(C)C)=C(C)C1. The summed E-state index contributed by atoms with van der Waals surface area (Å²) >= 11 is 0. The van der Waals surface area contributed by atoms with E-state index in [0.717, 1.165) is 17.3 Å². The van der Waals surface area contributed by atoms with Crippen molar-refractivity contribution in [3.05, 3.63) is 52.4 Å². The van der Waals surface area contributed by atoms with E-state index in [2.05, 4.69) is 33.5 Å². The van der Waals surface area contributed by atoms with Crippen molar-refractivity contribution in [2.24, 2.45) is 0 Å². The Balaban J connectivity index is 2.61. The standard InChI is InChI=1S/C18H27NO2SSi/c1-14-7-9-17(10-8-14)22(20,21)19-12-11-15(2)13-16(3)18(19)23(4,5)6/h7-11H,12-13H2,1-6H3. The Morgan fingerprint density at radius 3 is 2.09 bits per heavy atom. The molecule has 0 spiro atoms. The van der Waals surface area contributed by atoms with Crippen LogP contribution in [0.2, 0.25) is 19.6 Å². The van der Waals surface area contributed by atoms with Crippen molar-refractivity contribution in [2.75, 3.05) is 6.54 Å². The minimum absolute atomic E-state index is 0.375. The molecule has 1 aliphatic rings. The van der Waals surface area contributed by atoms with Gasteiger partial charge in [0.1, 0.15) is 0 Å². The first-order valence-electron chi connectivity index (χ1n) is 7.99. The van der Waals surface area contributed by atoms with E-state index in [-0.39, 0.29) is 0 Å². The third kappa shape index (κ3) is 3.78. The molecule has 23 heavy (non-hydrogen) atoms. The first-order chi connectivity index (χ1) is 10.5. The van der Waals surface area contributed by atoms with Gasteiger partial charge in [0.2, 0.25) is 0 Å². The second-order valence-electron chi connectivity index (χ2n) is 7.46. The van der Waals surface area contributed by atoms with Gasteiger partial charge in [-0.15, -0.1) is 0 Å². The Bertz CT molecular complexity index is 753. The van der Waals surface area contributed by atoms with E-state index in [1.165, 1.54) is 11.1 Å². The van der Waals surface area contributed by atoms with E-state index >= 15 is 0 Å². The second-order valence-corrected chi connectivity index (χ2v) is 14.3. The van der Waals surface area contributed by atoms with Gasteiger partial charge < -0.3 is 0 Å². The number of allylic oxidation sites excluding steroid dienone is 2. The topological polar surface area (TPSA) is 37.4 Å². The molecule has 0 radical (unpaired) electrons. The Morgan fingerprint density at radius 2 is 1.57 bits per heavy atom. The van der Waals surface area contributed by atoms with Gasteiger partial charge in [0.25, 0.3) is 10.0 Å². The molecule has 0 fully saturated rings. The summed E-state index contributed by atoms with van der Waals surface area (Å²) in [4.78, 5) is 0.375. The summed E-state index contributed by atoms with van der Waals surface area (Å²) in [6.45, 7) is 13.2. The van der Waals surface area contributed by atoms with Crippen LogP contribution in [0.25, 0.3) is 0 Å². The van der Waals surface area contributed by atoms with E-state index in [0.29, 0.717) is 11.4 Å². The van der Waals surface area contributed by atoms with Crippen LogP contribution in [0.5, 0.6) is 0 Å². The molecule has 0 N–H and O–H groups in total. The predicted molar refractivity (Wildman–Crippen MR) is 99.5 cm³/mol. The number of aryl methyl sites for hydroxylation is 1. The molecular formula is C18H27NO2SSi. The molecule has 1 aromatic rings. The van der Waals surface area contributed by atoms with Gasteiger partial charge in [-0.2, -0.15) is 0 Å². The number of sulfonamides is 1. The Morgan fingerprint density at radius 1 is 1.00 bits per heavy atom. The maximum absolute atomic E-state index is 13.2. The van der Waals surface area contributed by atoms with Gasteiger partial charge in [0, 0.05) is 5.32 Å². The van der Waals surface area contributed by atoms with E-state index < -0.39 is 18.1 Å². The molecule has 3 nitrogen and oxygen atoms in total. The quantitative estimate of drug-likeness (QED) is 0.596. The zero-order valence-corrected chi connectivity index (χ0v) is 16.8. The third-order valence-corrected chi connectivity index (χ3v) is 8.18. The highest BCUT2D eigenvalue weighted by Gasteiger charge is 2.35. The summed E-state index contributed by atoms with van der Waals surface area (Å²) in [5, 5.41) is 1.05. The number of nitrogens with zero attached hydrogens (tertiary/aromatic N) is 1. The van der Waals surface area contributed by atoms with Gasteiger partial charge in [-0.05, 0) is 39.3 Å². The van der Waals surface area contributed by atoms with Crippen molar-refractivity contribution in [2.45, 2.75) is 51.7 Å². The lowest BCUT2D eigenvalue weighted by molar-refractivity contribution is 0.512. The highest BCUT2D eigenvalue weighted by atomic mass is 32.2. The van der Waals surface area contributed by atoms with Crippen molar-refractivity contribution in [3.8, 4) is 0 Å².